The quantitative estimate of drug-likeness (QED) is 0.372. The number of aromatic nitrogens is 1. The summed E-state index contributed by atoms with van der Waals surface area (Å²) in [5.74, 6) is -2.20. The summed E-state index contributed by atoms with van der Waals surface area (Å²) in [6, 6.07) is 11.8. The number of methoxy groups -OCH3 is 1. The van der Waals surface area contributed by atoms with Crippen LogP contribution in [-0.2, 0) is 16.1 Å². The van der Waals surface area contributed by atoms with Gasteiger partial charge >= 0.3 is 5.97 Å². The van der Waals surface area contributed by atoms with Crippen LogP contribution >= 0.6 is 0 Å². The zero-order chi connectivity index (χ0) is 19.6. The average molecular weight is 367 g/mol. The highest BCUT2D eigenvalue weighted by Crippen LogP contribution is 2.34. The van der Waals surface area contributed by atoms with Crippen LogP contribution in [0.1, 0.15) is 22.8 Å². The molecule has 0 aliphatic heterocycles. The first kappa shape index (κ1) is 18.4. The second-order valence-corrected chi connectivity index (χ2v) is 6.04. The van der Waals surface area contributed by atoms with E-state index < -0.39 is 17.6 Å². The van der Waals surface area contributed by atoms with Gasteiger partial charge in [-0.15, -0.1) is 0 Å². The minimum Gasteiger partial charge on any atom is -0.488 e. The molecular formula is C21H18FNO4. The summed E-state index contributed by atoms with van der Waals surface area (Å²) in [5.41, 5.74) is 1.90. The van der Waals surface area contributed by atoms with Crippen LogP contribution in [0.3, 0.4) is 0 Å². The van der Waals surface area contributed by atoms with E-state index in [4.69, 9.17) is 4.74 Å². The Morgan fingerprint density at radius 1 is 1.19 bits per heavy atom. The number of Topliss-reactive ketones (excluding diaryl/α,β-unsaturated/α-hetero) is 1. The zero-order valence-electron chi connectivity index (χ0n) is 15.0. The van der Waals surface area contributed by atoms with E-state index in [1.165, 1.54) is 18.3 Å². The Bertz CT molecular complexity index is 1040. The number of halogens is 1. The maximum Gasteiger partial charge on any atom is 0.379 e. The normalized spacial score (nSPS) is 10.6. The maximum absolute atomic E-state index is 14.2. The van der Waals surface area contributed by atoms with E-state index in [-0.39, 0.29) is 17.9 Å². The van der Waals surface area contributed by atoms with Crippen LogP contribution in [-0.4, -0.2) is 23.4 Å². The molecule has 0 N–H and O–H groups in total. The van der Waals surface area contributed by atoms with Gasteiger partial charge in [-0.1, -0.05) is 36.9 Å². The fraction of sp³-hybridized carbons (Fsp3) is 0.143. The van der Waals surface area contributed by atoms with Crippen molar-refractivity contribution in [1.29, 1.82) is 0 Å². The first-order valence-electron chi connectivity index (χ1n) is 8.22. The number of carbonyl (C=O) groups is 2. The van der Waals surface area contributed by atoms with Crippen LogP contribution < -0.4 is 4.74 Å². The number of hydrogen-bond acceptors (Lipinski definition) is 4. The lowest BCUT2D eigenvalue weighted by atomic mass is 10.1. The van der Waals surface area contributed by atoms with E-state index >= 15 is 0 Å². The highest BCUT2D eigenvalue weighted by Gasteiger charge is 2.25. The Balaban J connectivity index is 2.15. The standard InChI is InChI=1S/C21H18FNO4/c1-13(2)23-11-16(20(24)21(25)26-3)19-17(23)9-15(22)10-18(19)27-12-14-7-5-4-6-8-14/h4-11H,1,12H2,2-3H3. The maximum atomic E-state index is 14.2. The Morgan fingerprint density at radius 3 is 2.52 bits per heavy atom. The second kappa shape index (κ2) is 7.45. The van der Waals surface area contributed by atoms with Gasteiger partial charge in [0.2, 0.25) is 0 Å². The largest absolute Gasteiger partial charge is 0.488 e. The van der Waals surface area contributed by atoms with Gasteiger partial charge in [0.1, 0.15) is 18.2 Å². The summed E-state index contributed by atoms with van der Waals surface area (Å²) in [7, 11) is 1.13. The van der Waals surface area contributed by atoms with Crippen molar-refractivity contribution in [2.45, 2.75) is 13.5 Å². The molecule has 0 unspecified atom stereocenters. The van der Waals surface area contributed by atoms with Gasteiger partial charge in [0, 0.05) is 18.0 Å². The van der Waals surface area contributed by atoms with Crippen LogP contribution in [0, 0.1) is 5.82 Å². The van der Waals surface area contributed by atoms with Crippen molar-refractivity contribution in [3.63, 3.8) is 0 Å². The fourth-order valence-electron chi connectivity index (χ4n) is 2.83. The third-order valence-corrected chi connectivity index (χ3v) is 4.10. The molecule has 138 valence electrons. The molecule has 1 heterocycles. The van der Waals surface area contributed by atoms with Gasteiger partial charge in [-0.2, -0.15) is 0 Å². The van der Waals surface area contributed by atoms with Crippen molar-refractivity contribution in [2.24, 2.45) is 0 Å². The van der Waals surface area contributed by atoms with Gasteiger partial charge in [-0.05, 0) is 18.6 Å². The van der Waals surface area contributed by atoms with Crippen molar-refractivity contribution in [2.75, 3.05) is 7.11 Å². The third-order valence-electron chi connectivity index (χ3n) is 4.10. The van der Waals surface area contributed by atoms with E-state index in [1.807, 2.05) is 30.3 Å². The molecule has 0 radical (unpaired) electrons. The van der Waals surface area contributed by atoms with Gasteiger partial charge in [0.15, 0.2) is 0 Å². The molecular weight excluding hydrogens is 349 g/mol. The van der Waals surface area contributed by atoms with Gasteiger partial charge in [-0.25, -0.2) is 9.18 Å². The lowest BCUT2D eigenvalue weighted by Gasteiger charge is -2.10. The number of ketones is 1. The molecule has 0 saturated heterocycles. The summed E-state index contributed by atoms with van der Waals surface area (Å²) in [5, 5.41) is 0.339. The Kier molecular flexibility index (Phi) is 5.07. The number of esters is 1. The number of hydrogen-bond donors (Lipinski definition) is 0. The summed E-state index contributed by atoms with van der Waals surface area (Å²) in [4.78, 5) is 24.2. The molecule has 0 atom stereocenters. The van der Waals surface area contributed by atoms with Crippen molar-refractivity contribution >= 4 is 28.4 Å². The SMILES string of the molecule is C=C(C)n1cc(C(=O)C(=O)OC)c2c(OCc3ccccc3)cc(F)cc21. The van der Waals surface area contributed by atoms with E-state index in [0.717, 1.165) is 12.7 Å². The summed E-state index contributed by atoms with van der Waals surface area (Å²) < 4.78 is 26.1. The molecule has 1 aromatic heterocycles. The molecule has 0 amide bonds. The number of nitrogens with zero attached hydrogens (tertiary/aromatic N) is 1. The molecule has 0 aliphatic carbocycles. The van der Waals surface area contributed by atoms with Crippen molar-refractivity contribution in [1.82, 2.24) is 4.57 Å². The zero-order valence-corrected chi connectivity index (χ0v) is 15.0. The molecule has 0 aliphatic rings. The molecule has 3 rings (SSSR count). The predicted octanol–water partition coefficient (Wildman–Crippen LogP) is 4.21. The minimum atomic E-state index is -1.01. The minimum absolute atomic E-state index is 0.0721. The second-order valence-electron chi connectivity index (χ2n) is 6.04. The van der Waals surface area contributed by atoms with Gasteiger partial charge in [-0.3, -0.25) is 4.79 Å². The number of carbonyl (C=O) groups excluding carboxylic acids is 2. The number of ether oxygens (including phenoxy) is 2. The number of benzene rings is 2. The predicted molar refractivity (Wildman–Crippen MR) is 100 cm³/mol. The summed E-state index contributed by atoms with van der Waals surface area (Å²) >= 11 is 0. The van der Waals surface area contributed by atoms with Crippen molar-refractivity contribution < 1.29 is 23.5 Å². The molecule has 6 heteroatoms. The smallest absolute Gasteiger partial charge is 0.379 e. The highest BCUT2D eigenvalue weighted by atomic mass is 19.1. The molecule has 0 fully saturated rings. The van der Waals surface area contributed by atoms with E-state index in [2.05, 4.69) is 11.3 Å². The first-order valence-corrected chi connectivity index (χ1v) is 8.22. The molecule has 0 bridgehead atoms. The molecule has 27 heavy (non-hydrogen) atoms. The summed E-state index contributed by atoms with van der Waals surface area (Å²) in [6.45, 7) is 5.73. The molecule has 0 saturated carbocycles. The van der Waals surface area contributed by atoms with E-state index in [0.29, 0.717) is 16.6 Å². The van der Waals surface area contributed by atoms with Crippen LogP contribution in [0.15, 0.2) is 55.2 Å². The van der Waals surface area contributed by atoms with E-state index in [1.54, 1.807) is 11.5 Å². The van der Waals surface area contributed by atoms with Crippen LogP contribution in [0.25, 0.3) is 16.6 Å². The topological polar surface area (TPSA) is 57.5 Å². The molecule has 0 spiro atoms. The van der Waals surface area contributed by atoms with Gasteiger partial charge in [0.25, 0.3) is 5.78 Å². The van der Waals surface area contributed by atoms with E-state index in [9.17, 15) is 14.0 Å². The number of fused-ring (bicyclic) bond motifs is 1. The molecule has 5 nitrogen and oxygen atoms in total. The monoisotopic (exact) mass is 367 g/mol. The van der Waals surface area contributed by atoms with Crippen molar-refractivity contribution in [3.8, 4) is 5.75 Å². The summed E-state index contributed by atoms with van der Waals surface area (Å²) in [6.07, 6.45) is 1.45. The van der Waals surface area contributed by atoms with Crippen molar-refractivity contribution in [3.05, 3.63) is 72.2 Å². The Hall–Kier alpha value is -3.41. The molecule has 3 aromatic rings. The highest BCUT2D eigenvalue weighted by molar-refractivity contribution is 6.43. The average Bonchev–Trinajstić information content (AvgIpc) is 3.05. The third kappa shape index (κ3) is 3.60. The number of rotatable bonds is 6. The van der Waals surface area contributed by atoms with Gasteiger partial charge in [0.05, 0.1) is 23.6 Å². The van der Waals surface area contributed by atoms with Crippen LogP contribution in [0.5, 0.6) is 5.75 Å². The Morgan fingerprint density at radius 2 is 1.89 bits per heavy atom. The lowest BCUT2D eigenvalue weighted by molar-refractivity contribution is -0.135. The van der Waals surface area contributed by atoms with Crippen LogP contribution in [0.2, 0.25) is 0 Å². The number of allylic oxidation sites excluding steroid dienone is 1. The fourth-order valence-corrected chi connectivity index (χ4v) is 2.83. The lowest BCUT2D eigenvalue weighted by Crippen LogP contribution is -2.15. The van der Waals surface area contributed by atoms with Crippen LogP contribution in [0.4, 0.5) is 4.39 Å². The Labute approximate surface area is 155 Å². The van der Waals surface area contributed by atoms with Gasteiger partial charge < -0.3 is 14.0 Å². The molecule has 2 aromatic carbocycles. The first-order chi connectivity index (χ1) is 12.9.